The lowest BCUT2D eigenvalue weighted by Crippen LogP contribution is -2.27. The van der Waals surface area contributed by atoms with Crippen LogP contribution in [0, 0.1) is 0 Å². The van der Waals surface area contributed by atoms with E-state index in [1.54, 1.807) is 6.33 Å². The topological polar surface area (TPSA) is 82.6 Å². The first-order chi connectivity index (χ1) is 10.8. The van der Waals surface area contributed by atoms with Gasteiger partial charge in [0, 0.05) is 29.8 Å². The molecule has 4 rings (SSSR count). The molecule has 2 N–H and O–H groups in total. The van der Waals surface area contributed by atoms with Crippen molar-refractivity contribution in [2.75, 3.05) is 23.3 Å². The van der Waals surface area contributed by atoms with Crippen molar-refractivity contribution >= 4 is 38.7 Å². The van der Waals surface area contributed by atoms with Gasteiger partial charge in [0.05, 0.1) is 6.33 Å². The summed E-state index contributed by atoms with van der Waals surface area (Å²) in [5, 5.41) is 3.48. The second-order valence-corrected chi connectivity index (χ2v) is 6.15. The van der Waals surface area contributed by atoms with Gasteiger partial charge in [0.25, 0.3) is 0 Å². The Morgan fingerprint density at radius 3 is 3.05 bits per heavy atom. The van der Waals surface area contributed by atoms with Crippen LogP contribution >= 0.6 is 15.9 Å². The lowest BCUT2D eigenvalue weighted by atomic mass is 10.2. The highest BCUT2D eigenvalue weighted by molar-refractivity contribution is 9.10. The van der Waals surface area contributed by atoms with Gasteiger partial charge in [-0.2, -0.15) is 0 Å². The van der Waals surface area contributed by atoms with Crippen LogP contribution in [0.2, 0.25) is 0 Å². The standard InChI is InChI=1S/C14H14BrN7/c15-9-1-2-11(16-5-9)22-4-3-10(6-22)21-14-12-13(18-7-17-12)19-8-20-14/h1-2,5,7-8,10H,3-4,6H2,(H2,17,18,19,20,21)/t10-/m0/s1. The van der Waals surface area contributed by atoms with E-state index >= 15 is 0 Å². The van der Waals surface area contributed by atoms with E-state index in [4.69, 9.17) is 0 Å². The van der Waals surface area contributed by atoms with E-state index in [1.807, 2.05) is 18.3 Å². The second-order valence-electron chi connectivity index (χ2n) is 5.23. The fourth-order valence-electron chi connectivity index (χ4n) is 2.71. The van der Waals surface area contributed by atoms with E-state index in [1.165, 1.54) is 6.33 Å². The number of pyridine rings is 1. The largest absolute Gasteiger partial charge is 0.364 e. The van der Waals surface area contributed by atoms with Crippen molar-refractivity contribution in [2.24, 2.45) is 0 Å². The van der Waals surface area contributed by atoms with Crippen molar-refractivity contribution in [3.05, 3.63) is 35.5 Å². The maximum atomic E-state index is 4.45. The van der Waals surface area contributed by atoms with Gasteiger partial charge in [0.1, 0.15) is 17.7 Å². The van der Waals surface area contributed by atoms with Crippen LogP contribution in [-0.2, 0) is 0 Å². The highest BCUT2D eigenvalue weighted by atomic mass is 79.9. The molecule has 1 aliphatic rings. The molecular weight excluding hydrogens is 346 g/mol. The number of aromatic amines is 1. The average Bonchev–Trinajstić information content (AvgIpc) is 3.17. The van der Waals surface area contributed by atoms with E-state index in [9.17, 15) is 0 Å². The Morgan fingerprint density at radius 2 is 2.18 bits per heavy atom. The molecule has 22 heavy (non-hydrogen) atoms. The van der Waals surface area contributed by atoms with E-state index in [-0.39, 0.29) is 0 Å². The highest BCUT2D eigenvalue weighted by Crippen LogP contribution is 2.23. The zero-order valence-electron chi connectivity index (χ0n) is 11.7. The molecule has 7 nitrogen and oxygen atoms in total. The van der Waals surface area contributed by atoms with Crippen LogP contribution in [-0.4, -0.2) is 44.1 Å². The molecule has 1 saturated heterocycles. The van der Waals surface area contributed by atoms with Gasteiger partial charge in [-0.05, 0) is 34.5 Å². The summed E-state index contributed by atoms with van der Waals surface area (Å²) in [5.74, 6) is 1.81. The fourth-order valence-corrected chi connectivity index (χ4v) is 2.94. The Balaban J connectivity index is 1.49. The minimum absolute atomic E-state index is 0.326. The number of hydrogen-bond donors (Lipinski definition) is 2. The monoisotopic (exact) mass is 359 g/mol. The van der Waals surface area contributed by atoms with Crippen LogP contribution in [0.4, 0.5) is 11.6 Å². The Kier molecular flexibility index (Phi) is 3.38. The molecule has 0 amide bonds. The number of halogens is 1. The first-order valence-corrected chi connectivity index (χ1v) is 7.86. The molecule has 3 aromatic rings. The van der Waals surface area contributed by atoms with E-state index < -0.39 is 0 Å². The van der Waals surface area contributed by atoms with Crippen molar-refractivity contribution in [3.63, 3.8) is 0 Å². The minimum atomic E-state index is 0.326. The number of imidazole rings is 1. The molecule has 4 heterocycles. The number of H-pyrrole nitrogens is 1. The van der Waals surface area contributed by atoms with Crippen LogP contribution < -0.4 is 10.2 Å². The van der Waals surface area contributed by atoms with Crippen LogP contribution in [0.5, 0.6) is 0 Å². The lowest BCUT2D eigenvalue weighted by molar-refractivity contribution is 0.800. The predicted octanol–water partition coefficient (Wildman–Crippen LogP) is 2.20. The number of nitrogens with zero attached hydrogens (tertiary/aromatic N) is 5. The van der Waals surface area contributed by atoms with Gasteiger partial charge < -0.3 is 15.2 Å². The molecule has 0 unspecified atom stereocenters. The van der Waals surface area contributed by atoms with Crippen molar-refractivity contribution in [2.45, 2.75) is 12.5 Å². The molecule has 0 radical (unpaired) electrons. The maximum Gasteiger partial charge on any atom is 0.182 e. The summed E-state index contributed by atoms with van der Waals surface area (Å²) in [5.41, 5.74) is 1.53. The van der Waals surface area contributed by atoms with E-state index in [2.05, 4.69) is 51.1 Å². The first kappa shape index (κ1) is 13.4. The number of fused-ring (bicyclic) bond motifs is 1. The Morgan fingerprint density at radius 1 is 1.23 bits per heavy atom. The number of anilines is 2. The number of aromatic nitrogens is 5. The van der Waals surface area contributed by atoms with Gasteiger partial charge >= 0.3 is 0 Å². The lowest BCUT2D eigenvalue weighted by Gasteiger charge is -2.18. The summed E-state index contributed by atoms with van der Waals surface area (Å²) < 4.78 is 0.993. The van der Waals surface area contributed by atoms with Gasteiger partial charge in [-0.25, -0.2) is 19.9 Å². The van der Waals surface area contributed by atoms with Crippen molar-refractivity contribution in [1.29, 1.82) is 0 Å². The molecule has 1 aliphatic heterocycles. The van der Waals surface area contributed by atoms with Gasteiger partial charge in [0.15, 0.2) is 11.5 Å². The maximum absolute atomic E-state index is 4.45. The molecule has 0 saturated carbocycles. The SMILES string of the molecule is Brc1ccc(N2CC[C@H](Nc3ncnc4nc[nH]c34)C2)nc1. The Bertz CT molecular complexity index is 785. The molecule has 1 atom stereocenters. The minimum Gasteiger partial charge on any atom is -0.364 e. The van der Waals surface area contributed by atoms with Crippen LogP contribution in [0.1, 0.15) is 6.42 Å². The Hall–Kier alpha value is -2.22. The molecule has 112 valence electrons. The van der Waals surface area contributed by atoms with Gasteiger partial charge in [-0.3, -0.25) is 0 Å². The third-order valence-electron chi connectivity index (χ3n) is 3.79. The van der Waals surface area contributed by atoms with Gasteiger partial charge in [-0.15, -0.1) is 0 Å². The van der Waals surface area contributed by atoms with Crippen LogP contribution in [0.3, 0.4) is 0 Å². The fraction of sp³-hybridized carbons (Fsp3) is 0.286. The average molecular weight is 360 g/mol. The Labute approximate surface area is 135 Å². The second kappa shape index (κ2) is 5.53. The zero-order valence-corrected chi connectivity index (χ0v) is 13.3. The normalized spacial score (nSPS) is 18.0. The zero-order chi connectivity index (χ0) is 14.9. The van der Waals surface area contributed by atoms with Crippen molar-refractivity contribution in [3.8, 4) is 0 Å². The summed E-state index contributed by atoms with van der Waals surface area (Å²) in [4.78, 5) is 22.4. The molecular formula is C14H14BrN7. The molecule has 0 bridgehead atoms. The van der Waals surface area contributed by atoms with Crippen LogP contribution in [0.15, 0.2) is 35.5 Å². The highest BCUT2D eigenvalue weighted by Gasteiger charge is 2.24. The molecule has 0 aliphatic carbocycles. The van der Waals surface area contributed by atoms with Gasteiger partial charge in [0.2, 0.25) is 0 Å². The summed E-state index contributed by atoms with van der Waals surface area (Å²) in [6, 6.07) is 4.37. The van der Waals surface area contributed by atoms with Crippen molar-refractivity contribution in [1.82, 2.24) is 24.9 Å². The molecule has 0 aromatic carbocycles. The van der Waals surface area contributed by atoms with Crippen LogP contribution in [0.25, 0.3) is 11.2 Å². The summed E-state index contributed by atoms with van der Waals surface area (Å²) in [6.45, 7) is 1.87. The third-order valence-corrected chi connectivity index (χ3v) is 4.26. The smallest absolute Gasteiger partial charge is 0.182 e. The summed E-state index contributed by atoms with van der Waals surface area (Å²) in [6.07, 6.45) is 6.04. The van der Waals surface area contributed by atoms with E-state index in [0.717, 1.165) is 41.1 Å². The summed E-state index contributed by atoms with van der Waals surface area (Å²) >= 11 is 3.41. The first-order valence-electron chi connectivity index (χ1n) is 7.07. The molecule has 1 fully saturated rings. The number of rotatable bonds is 3. The molecule has 3 aromatic heterocycles. The summed E-state index contributed by atoms with van der Waals surface area (Å²) in [7, 11) is 0. The number of nitrogens with one attached hydrogen (secondary N) is 2. The third kappa shape index (κ3) is 2.50. The predicted molar refractivity (Wildman–Crippen MR) is 87.9 cm³/mol. The number of hydrogen-bond acceptors (Lipinski definition) is 6. The molecule has 8 heteroatoms. The van der Waals surface area contributed by atoms with Crippen molar-refractivity contribution < 1.29 is 0 Å². The van der Waals surface area contributed by atoms with Gasteiger partial charge in [-0.1, -0.05) is 0 Å². The quantitative estimate of drug-likeness (QED) is 0.745. The van der Waals surface area contributed by atoms with E-state index in [0.29, 0.717) is 11.7 Å². The molecule has 0 spiro atoms.